The Morgan fingerprint density at radius 1 is 0.453 bits per heavy atom. The van der Waals surface area contributed by atoms with E-state index in [0.717, 1.165) is 69.6 Å². The van der Waals surface area contributed by atoms with Crippen LogP contribution in [0.5, 0.6) is 0 Å². The van der Waals surface area contributed by atoms with Gasteiger partial charge in [-0.15, -0.1) is 0 Å². The van der Waals surface area contributed by atoms with Crippen molar-refractivity contribution >= 4 is 34.5 Å². The van der Waals surface area contributed by atoms with Gasteiger partial charge in [0.25, 0.3) is 0 Å². The van der Waals surface area contributed by atoms with Crippen molar-refractivity contribution < 1.29 is 9.59 Å². The van der Waals surface area contributed by atoms with E-state index in [9.17, 15) is 9.59 Å². The zero-order chi connectivity index (χ0) is 103. The van der Waals surface area contributed by atoms with Crippen LogP contribution in [0, 0.1) is 82.7 Å². The Bertz CT molecular complexity index is 3270. The number of hydrogen-bond donors (Lipinski definition) is 17. The average molecular weight is 1830 g/mol. The summed E-state index contributed by atoms with van der Waals surface area (Å²) in [7, 11) is 0. The summed E-state index contributed by atoms with van der Waals surface area (Å²) in [4.78, 5) is 31.1. The van der Waals surface area contributed by atoms with E-state index in [0.29, 0.717) is 72.3 Å². The zero-order valence-electron chi connectivity index (χ0n) is 92.4. The van der Waals surface area contributed by atoms with Crippen molar-refractivity contribution in [1.29, 1.82) is 0 Å². The number of primary amides is 2. The van der Waals surface area contributed by atoms with Gasteiger partial charge < -0.3 is 95.6 Å². The molecule has 2 aromatic carbocycles. The molecule has 20 nitrogen and oxygen atoms in total. The molecule has 21 heteroatoms. The highest BCUT2D eigenvalue weighted by Crippen LogP contribution is 2.31. The zero-order valence-corrected chi connectivity index (χ0v) is 93.2. The third kappa shape index (κ3) is 75.3. The van der Waals surface area contributed by atoms with Crippen LogP contribution in [0.15, 0.2) is 73.3 Å². The first kappa shape index (κ1) is 137. The Hall–Kier alpha value is -4.04. The number of benzene rings is 2. The molecule has 0 saturated carbocycles. The number of nitrogens with two attached hydrogens (primary N) is 14. The minimum absolute atomic E-state index is 0.0327. The lowest BCUT2D eigenvalue weighted by Crippen LogP contribution is -2.40. The molecule has 1 saturated heterocycles. The number of thioether (sulfide) groups is 1. The Kier molecular flexibility index (Phi) is 69.4. The normalized spacial score (nSPS) is 16.3. The summed E-state index contributed by atoms with van der Waals surface area (Å²) in [6.45, 7) is 95.0. The largest absolute Gasteiger partial charge is 0.370 e. The molecule has 760 valence electrons. The van der Waals surface area contributed by atoms with E-state index in [-0.39, 0.29) is 108 Å². The maximum Gasteiger partial charge on any atom is 0.218 e. The second-order valence-electron chi connectivity index (χ2n) is 50.3. The molecule has 0 radical (unpaired) electrons. The third-order valence-electron chi connectivity index (χ3n) is 24.2. The van der Waals surface area contributed by atoms with Gasteiger partial charge in [0.15, 0.2) is 0 Å². The second kappa shape index (κ2) is 64.8. The molecule has 13 atom stereocenters. The summed E-state index contributed by atoms with van der Waals surface area (Å²) in [6, 6.07) is 22.0. The molecule has 0 spiro atoms. The second-order valence-corrected chi connectivity index (χ2v) is 51.3. The lowest BCUT2D eigenvalue weighted by Gasteiger charge is -2.31. The number of carbonyl (C=O) groups is 2. The van der Waals surface area contributed by atoms with Crippen molar-refractivity contribution in [3.8, 4) is 0 Å². The van der Waals surface area contributed by atoms with Gasteiger partial charge in [-0.1, -0.05) is 352 Å². The van der Waals surface area contributed by atoms with Crippen LogP contribution in [0.4, 0.5) is 0 Å². The smallest absolute Gasteiger partial charge is 0.218 e. The van der Waals surface area contributed by atoms with Crippen LogP contribution in [0.1, 0.15) is 385 Å². The summed E-state index contributed by atoms with van der Waals surface area (Å²) in [5.74, 6) is 2.52. The number of nitrogens with one attached hydrogen (secondary N) is 3. The number of unbranched alkanes of at least 4 members (excludes halogenated alkanes) is 1. The Balaban J connectivity index is -0.000000251. The van der Waals surface area contributed by atoms with Gasteiger partial charge in [0, 0.05) is 121 Å². The number of H-pyrrole nitrogens is 2. The number of aromatic nitrogens is 3. The first-order valence-electron chi connectivity index (χ1n) is 48.6. The van der Waals surface area contributed by atoms with E-state index >= 15 is 0 Å². The topological polar surface area (TPSA) is 455 Å². The molecule has 2 aromatic heterocycles. The fourth-order valence-electron chi connectivity index (χ4n) is 11.2. The standard InChI is InChI=1S/C14H20N2.C12H19N.C9H17N3.C9H22N2.2C9H21N.C8H18N2O.C8H19NS.C8H17N.C8H19N.C7H16N2O.C6H15N/c1-14(2,3)13(15)8-10-9-16-12-7-5-4-6-11(10)12;1-12(2,3)11(13)9-10-7-5-4-6-8-10;1-9(2,3)8(10)4-7-5-11-6-12-7;1-9(2,3)8(11)6-4-5-7-10;1-7(2)6-8(10)9(3,4)5;1-6-7(2)8(10)9(3,4)5;1-8(2,3)6(9)4-5-7(10)11;1-8(2,3)7(9)5-6-10-4;1-8(2,3)7-5-4-6-9-7;1-6(2)7(9)8(3,4)5;1-7(2,3)5(8)4-6(9)10;1-5(7)6(2,3)4/h4-7,9,13,16H,8,15H2,1-3H3;4-8,11H,9,13H2,1-3H3;5-6,8H,4,10H2,1-3H3,(H,11,12);8H,4-7,10-11H2,1-3H3;2*7-8H,6,10H2,1-5H3;6H,4-5,9H2,1-3H3,(H2,10,11);7H,5-6,9H2,1-4H3;7,9H,4-6H2,1-3H3;6-7H,9H2,1-5H3;5H,4,8H2,1-3H3,(H2,9,10);5H,7H2,1-4H3/t;;;;;7-,8-;;;;;;5-/m.....1.....1/s1. The van der Waals surface area contributed by atoms with Gasteiger partial charge in [-0.2, -0.15) is 11.8 Å². The molecule has 10 unspecified atom stereocenters. The minimum Gasteiger partial charge on any atom is -0.370 e. The number of amides is 2. The van der Waals surface area contributed by atoms with Gasteiger partial charge in [0.05, 0.1) is 6.33 Å². The summed E-state index contributed by atoms with van der Waals surface area (Å²) in [6.07, 6.45) is 21.3. The number of para-hydroxylation sites is 1. The molecule has 31 N–H and O–H groups in total. The van der Waals surface area contributed by atoms with Gasteiger partial charge in [-0.25, -0.2) is 4.98 Å². The predicted molar refractivity (Wildman–Crippen MR) is 574 cm³/mol. The fourth-order valence-corrected chi connectivity index (χ4v) is 11.7. The van der Waals surface area contributed by atoms with Crippen molar-refractivity contribution in [1.82, 2.24) is 20.3 Å². The van der Waals surface area contributed by atoms with Crippen molar-refractivity contribution in [2.75, 3.05) is 25.1 Å². The van der Waals surface area contributed by atoms with Crippen LogP contribution in [0.3, 0.4) is 0 Å². The van der Waals surface area contributed by atoms with Gasteiger partial charge >= 0.3 is 0 Å². The first-order valence-corrected chi connectivity index (χ1v) is 50.0. The average Bonchev–Trinajstić information content (AvgIpc) is 1.73. The highest BCUT2D eigenvalue weighted by atomic mass is 32.2. The highest BCUT2D eigenvalue weighted by molar-refractivity contribution is 7.98. The number of nitrogens with zero attached hydrogens (tertiary/aromatic N) is 1. The molecular weight excluding hydrogens is 1600 g/mol. The Morgan fingerprint density at radius 3 is 1.14 bits per heavy atom. The van der Waals surface area contributed by atoms with E-state index in [2.05, 4.69) is 345 Å². The van der Waals surface area contributed by atoms with Crippen molar-refractivity contribution in [2.24, 2.45) is 163 Å². The maximum atomic E-state index is 10.4. The summed E-state index contributed by atoms with van der Waals surface area (Å²) >= 11 is 1.87. The number of fused-ring (bicyclic) bond motifs is 1. The van der Waals surface area contributed by atoms with E-state index in [4.69, 9.17) is 80.3 Å². The molecule has 5 rings (SSSR count). The van der Waals surface area contributed by atoms with Gasteiger partial charge in [-0.05, 0) is 190 Å². The minimum atomic E-state index is -0.331. The highest BCUT2D eigenvalue weighted by Gasteiger charge is 2.30. The molecule has 0 bridgehead atoms. The number of aromatic amines is 2. The summed E-state index contributed by atoms with van der Waals surface area (Å²) < 4.78 is 0. The van der Waals surface area contributed by atoms with E-state index in [1.807, 2.05) is 57.8 Å². The molecule has 0 aliphatic carbocycles. The van der Waals surface area contributed by atoms with Crippen LogP contribution in [-0.4, -0.2) is 124 Å². The quantitative estimate of drug-likeness (QED) is 0.0307. The first-order chi connectivity index (χ1) is 57.2. The fraction of sp³-hybridized carbons (Fsp3) is 0.822. The van der Waals surface area contributed by atoms with Crippen LogP contribution in [0.2, 0.25) is 0 Å². The number of imidazole rings is 1. The van der Waals surface area contributed by atoms with E-state index in [1.165, 1.54) is 53.6 Å². The molecular formula is C107H224N18O2S. The Labute approximate surface area is 798 Å². The number of carbonyl (C=O) groups excluding carboxylic acids is 2. The van der Waals surface area contributed by atoms with Gasteiger partial charge in [0.1, 0.15) is 0 Å². The maximum absolute atomic E-state index is 10.4. The lowest BCUT2D eigenvalue weighted by atomic mass is 9.79. The molecule has 4 aromatic rings. The molecule has 1 aliphatic rings. The van der Waals surface area contributed by atoms with E-state index < -0.39 is 0 Å². The van der Waals surface area contributed by atoms with E-state index in [1.54, 1.807) is 6.33 Å². The third-order valence-corrected chi connectivity index (χ3v) is 24.8. The van der Waals surface area contributed by atoms with Crippen molar-refractivity contribution in [3.63, 3.8) is 0 Å². The summed E-state index contributed by atoms with van der Waals surface area (Å²) in [5.41, 5.74) is 87.9. The van der Waals surface area contributed by atoms with Crippen LogP contribution in [0.25, 0.3) is 10.9 Å². The predicted octanol–water partition coefficient (Wildman–Crippen LogP) is 21.5. The molecule has 1 fully saturated rings. The monoisotopic (exact) mass is 1830 g/mol. The SMILES string of the molecule is CC(C)(C)C(N)CC(N)=O.CC(C)(C)C(N)CCC(N)=O.CC(C)(C)C(N)CCCCN.CC(C)(C)C(N)Cc1c[nH]c2ccccc12.CC(C)(C)C(N)Cc1ccccc1.CC(C)(C)C(N)Cc1cnc[nH]1.CC(C)(C)C1CCCN1.CC(C)C(N)C(C)(C)C.CC(C)CC(N)C(C)(C)C.CC[C@@H](C)[C@@H](N)C(C)(C)C.CSCCC(N)C(C)(C)C.C[C@@H](N)C(C)(C)C. The lowest BCUT2D eigenvalue weighted by molar-refractivity contribution is -0.119. The number of rotatable bonds is 23. The molecule has 2 amide bonds. The van der Waals surface area contributed by atoms with Crippen LogP contribution in [-0.2, 0) is 28.9 Å². The summed E-state index contributed by atoms with van der Waals surface area (Å²) in [5, 5.41) is 4.79. The van der Waals surface area contributed by atoms with Gasteiger partial charge in [0.2, 0.25) is 11.8 Å². The molecule has 1 aliphatic heterocycles. The van der Waals surface area contributed by atoms with Crippen LogP contribution < -0.4 is 85.6 Å². The van der Waals surface area contributed by atoms with Crippen LogP contribution >= 0.6 is 11.8 Å². The van der Waals surface area contributed by atoms with Gasteiger partial charge in [-0.3, -0.25) is 9.59 Å². The van der Waals surface area contributed by atoms with Crippen molar-refractivity contribution in [2.45, 2.75) is 460 Å². The Morgan fingerprint density at radius 2 is 0.852 bits per heavy atom. The molecule has 128 heavy (non-hydrogen) atoms. The number of hydrogen-bond acceptors (Lipinski definition) is 17. The van der Waals surface area contributed by atoms with Crippen molar-refractivity contribution in [3.05, 3.63) is 90.1 Å². The molecule has 3 heterocycles.